The molecule has 1 aliphatic heterocycles. The summed E-state index contributed by atoms with van der Waals surface area (Å²) in [6.07, 6.45) is -5.87. The summed E-state index contributed by atoms with van der Waals surface area (Å²) in [5, 5.41) is 5.61. The maximum absolute atomic E-state index is 13.1. The molecular formula is C25H19F3N4O3. The topological polar surface area (TPSA) is 96.1 Å². The molecule has 0 saturated carbocycles. The number of amides is 2. The smallest absolute Gasteiger partial charge is 0.449 e. The van der Waals surface area contributed by atoms with Crippen molar-refractivity contribution in [2.24, 2.45) is 0 Å². The Morgan fingerprint density at radius 1 is 1.03 bits per heavy atom. The lowest BCUT2D eigenvalue weighted by Crippen LogP contribution is -2.41. The van der Waals surface area contributed by atoms with Crippen molar-refractivity contribution in [1.29, 1.82) is 0 Å². The first-order valence-electron chi connectivity index (χ1n) is 10.8. The molecular weight excluding hydrogens is 461 g/mol. The number of hydrogen-bond donors (Lipinski definition) is 3. The Labute approximate surface area is 197 Å². The van der Waals surface area contributed by atoms with Crippen LogP contribution in [0, 0.1) is 0 Å². The number of rotatable bonds is 5. The molecule has 1 aromatic heterocycles. The van der Waals surface area contributed by atoms with Gasteiger partial charge in [0, 0.05) is 0 Å². The van der Waals surface area contributed by atoms with E-state index in [9.17, 15) is 22.8 Å². The molecule has 2 heterocycles. The monoisotopic (exact) mass is 480 g/mol. The van der Waals surface area contributed by atoms with Gasteiger partial charge in [-0.25, -0.2) is 4.98 Å². The van der Waals surface area contributed by atoms with Crippen LogP contribution in [0.5, 0.6) is 5.75 Å². The molecule has 0 saturated heterocycles. The first-order valence-corrected chi connectivity index (χ1v) is 10.8. The van der Waals surface area contributed by atoms with Crippen LogP contribution in [-0.2, 0) is 15.8 Å². The fraction of sp³-hybridized carbons (Fsp3) is 0.160. The number of imidazole rings is 1. The van der Waals surface area contributed by atoms with Crippen LogP contribution in [0.1, 0.15) is 29.4 Å². The third-order valence-corrected chi connectivity index (χ3v) is 5.62. The Kier molecular flexibility index (Phi) is 5.64. The molecule has 0 fully saturated rings. The van der Waals surface area contributed by atoms with Gasteiger partial charge in [0.05, 0.1) is 29.2 Å². The van der Waals surface area contributed by atoms with E-state index in [4.69, 9.17) is 4.74 Å². The van der Waals surface area contributed by atoms with E-state index in [-0.39, 0.29) is 17.5 Å². The van der Waals surface area contributed by atoms with Crippen molar-refractivity contribution in [3.8, 4) is 5.75 Å². The zero-order valence-electron chi connectivity index (χ0n) is 18.1. The number of H-pyrrole nitrogens is 1. The fourth-order valence-corrected chi connectivity index (χ4v) is 3.96. The molecule has 0 aliphatic carbocycles. The highest BCUT2D eigenvalue weighted by molar-refractivity contribution is 6.00. The van der Waals surface area contributed by atoms with Crippen molar-refractivity contribution in [3.05, 3.63) is 89.7 Å². The van der Waals surface area contributed by atoms with E-state index < -0.39 is 36.0 Å². The van der Waals surface area contributed by atoms with Crippen LogP contribution >= 0.6 is 0 Å². The Bertz CT molecular complexity index is 1400. The molecule has 5 rings (SSSR count). The van der Waals surface area contributed by atoms with E-state index in [2.05, 4.69) is 20.6 Å². The number of carbonyl (C=O) groups excluding carboxylic acids is 2. The summed E-state index contributed by atoms with van der Waals surface area (Å²) in [5.41, 5.74) is 2.15. The van der Waals surface area contributed by atoms with Gasteiger partial charge in [0.15, 0.2) is 6.10 Å². The van der Waals surface area contributed by atoms with Gasteiger partial charge in [-0.2, -0.15) is 13.2 Å². The quantitative estimate of drug-likeness (QED) is 0.390. The van der Waals surface area contributed by atoms with Gasteiger partial charge in [-0.3, -0.25) is 9.59 Å². The van der Waals surface area contributed by atoms with Crippen molar-refractivity contribution < 1.29 is 27.5 Å². The van der Waals surface area contributed by atoms with Gasteiger partial charge < -0.3 is 20.4 Å². The number of alkyl halides is 3. The minimum Gasteiger partial charge on any atom is -0.478 e. The predicted octanol–water partition coefficient (Wildman–Crippen LogP) is 4.58. The van der Waals surface area contributed by atoms with Crippen LogP contribution in [-0.4, -0.2) is 27.9 Å². The molecule has 2 amide bonds. The Morgan fingerprint density at radius 2 is 1.77 bits per heavy atom. The molecule has 4 aromatic rings. The lowest BCUT2D eigenvalue weighted by atomic mass is 9.98. The number of carbonyl (C=O) groups is 2. The molecule has 7 nitrogen and oxygen atoms in total. The lowest BCUT2D eigenvalue weighted by Gasteiger charge is -2.26. The molecule has 2 atom stereocenters. The highest BCUT2D eigenvalue weighted by Crippen LogP contribution is 2.32. The summed E-state index contributed by atoms with van der Waals surface area (Å²) >= 11 is 0. The summed E-state index contributed by atoms with van der Waals surface area (Å²) in [6, 6.07) is 19.8. The number of ether oxygens (including phenoxy) is 1. The van der Waals surface area contributed by atoms with Crippen LogP contribution in [0.3, 0.4) is 0 Å². The number of halogens is 3. The normalized spacial score (nSPS) is 16.2. The Morgan fingerprint density at radius 3 is 2.54 bits per heavy atom. The van der Waals surface area contributed by atoms with Crippen molar-refractivity contribution >= 4 is 28.5 Å². The van der Waals surface area contributed by atoms with E-state index in [1.54, 1.807) is 54.6 Å². The first kappa shape index (κ1) is 22.5. The third-order valence-electron chi connectivity index (χ3n) is 5.62. The number of benzene rings is 3. The van der Waals surface area contributed by atoms with Gasteiger partial charge in [-0.1, -0.05) is 48.5 Å². The molecule has 3 aromatic carbocycles. The van der Waals surface area contributed by atoms with E-state index >= 15 is 0 Å². The fourth-order valence-electron chi connectivity index (χ4n) is 3.96. The molecule has 35 heavy (non-hydrogen) atoms. The van der Waals surface area contributed by atoms with Crippen molar-refractivity contribution in [3.63, 3.8) is 0 Å². The summed E-state index contributed by atoms with van der Waals surface area (Å²) < 4.78 is 44.9. The van der Waals surface area contributed by atoms with E-state index in [0.29, 0.717) is 17.0 Å². The first-order chi connectivity index (χ1) is 16.8. The minimum absolute atomic E-state index is 0.158. The van der Waals surface area contributed by atoms with E-state index in [0.717, 1.165) is 5.56 Å². The van der Waals surface area contributed by atoms with Crippen molar-refractivity contribution in [1.82, 2.24) is 15.3 Å². The number of para-hydroxylation sites is 2. The van der Waals surface area contributed by atoms with Crippen LogP contribution in [0.2, 0.25) is 0 Å². The summed E-state index contributed by atoms with van der Waals surface area (Å²) in [5.74, 6) is -1.52. The molecule has 0 unspecified atom stereocenters. The summed E-state index contributed by atoms with van der Waals surface area (Å²) in [6.45, 7) is 0. The molecule has 0 radical (unpaired) electrons. The van der Waals surface area contributed by atoms with Crippen LogP contribution < -0.4 is 15.4 Å². The molecule has 3 N–H and O–H groups in total. The highest BCUT2D eigenvalue weighted by atomic mass is 19.4. The number of fused-ring (bicyclic) bond motifs is 2. The second-order valence-corrected chi connectivity index (χ2v) is 8.07. The number of hydrogen-bond acceptors (Lipinski definition) is 4. The molecule has 10 heteroatoms. The number of nitrogens with one attached hydrogen (secondary N) is 3. The zero-order valence-corrected chi connectivity index (χ0v) is 18.1. The molecule has 1 aliphatic rings. The van der Waals surface area contributed by atoms with Crippen LogP contribution in [0.25, 0.3) is 11.0 Å². The lowest BCUT2D eigenvalue weighted by molar-refractivity contribution is -0.144. The number of anilines is 1. The standard InChI is InChI=1S/C25H19F3N4O3/c26-25(27,28)24-30-16-11-10-15(12-18(16)31-24)22(14-6-2-1-3-7-14)32-21(33)13-20-23(34)29-17-8-4-5-9-19(17)35-20/h1-12,20,22H,13H2,(H,29,34)(H,30,31)(H,32,33)/t20-,22+/m0/s1. The molecule has 0 spiro atoms. The minimum atomic E-state index is -4.61. The van der Waals surface area contributed by atoms with Crippen LogP contribution in [0.15, 0.2) is 72.8 Å². The van der Waals surface area contributed by atoms with Crippen molar-refractivity contribution in [2.75, 3.05) is 5.32 Å². The maximum Gasteiger partial charge on any atom is 0.449 e. The van der Waals surface area contributed by atoms with Gasteiger partial charge in [0.25, 0.3) is 5.91 Å². The van der Waals surface area contributed by atoms with Gasteiger partial charge in [-0.05, 0) is 35.4 Å². The Balaban J connectivity index is 1.40. The zero-order chi connectivity index (χ0) is 24.6. The summed E-state index contributed by atoms with van der Waals surface area (Å²) in [4.78, 5) is 31.3. The number of aromatic nitrogens is 2. The van der Waals surface area contributed by atoms with Gasteiger partial charge in [-0.15, -0.1) is 0 Å². The second-order valence-electron chi connectivity index (χ2n) is 8.07. The van der Waals surface area contributed by atoms with Gasteiger partial charge in [0.1, 0.15) is 5.75 Å². The molecule has 0 bridgehead atoms. The maximum atomic E-state index is 13.1. The van der Waals surface area contributed by atoms with E-state index in [1.807, 2.05) is 6.07 Å². The Hall–Kier alpha value is -4.34. The summed E-state index contributed by atoms with van der Waals surface area (Å²) in [7, 11) is 0. The number of nitrogens with zero attached hydrogens (tertiary/aromatic N) is 1. The average Bonchev–Trinajstić information content (AvgIpc) is 3.28. The van der Waals surface area contributed by atoms with E-state index in [1.165, 1.54) is 12.1 Å². The largest absolute Gasteiger partial charge is 0.478 e. The van der Waals surface area contributed by atoms with Crippen LogP contribution in [0.4, 0.5) is 18.9 Å². The highest BCUT2D eigenvalue weighted by Gasteiger charge is 2.35. The third kappa shape index (κ3) is 4.68. The second kappa shape index (κ2) is 8.79. The van der Waals surface area contributed by atoms with Crippen molar-refractivity contribution in [2.45, 2.75) is 24.7 Å². The number of aromatic amines is 1. The van der Waals surface area contributed by atoms with Gasteiger partial charge in [0.2, 0.25) is 11.7 Å². The SMILES string of the molecule is O=C(C[C@@H]1Oc2ccccc2NC1=O)N[C@H](c1ccccc1)c1ccc2nc(C(F)(F)F)[nH]c2c1. The predicted molar refractivity (Wildman–Crippen MR) is 122 cm³/mol. The average molecular weight is 480 g/mol. The molecule has 178 valence electrons. The van der Waals surface area contributed by atoms with Gasteiger partial charge >= 0.3 is 6.18 Å².